The quantitative estimate of drug-likeness (QED) is 0.608. The normalized spacial score (nSPS) is 15.9. The first kappa shape index (κ1) is 11.6. The zero-order valence-corrected chi connectivity index (χ0v) is 9.27. The Balaban J connectivity index is 2.12. The smallest absolute Gasteiger partial charge is 0.329 e. The van der Waals surface area contributed by atoms with Gasteiger partial charge < -0.3 is 10.1 Å². The van der Waals surface area contributed by atoms with Crippen molar-refractivity contribution in [3.63, 3.8) is 0 Å². The standard InChI is InChI=1S/C10H8NO5S/c12-9(7-4-2-1-3-5-7)10-11-6-8(16-10)17(13,14)15/h1-6,11H,(H,13,14,15). The van der Waals surface area contributed by atoms with Gasteiger partial charge in [0.25, 0.3) is 5.09 Å². The van der Waals surface area contributed by atoms with Crippen LogP contribution in [0.25, 0.3) is 0 Å². The number of hydrogen-bond donors (Lipinski definition) is 2. The molecule has 1 radical (unpaired) electrons. The summed E-state index contributed by atoms with van der Waals surface area (Å²) in [4.78, 5) is 11.8. The van der Waals surface area contributed by atoms with Crippen molar-refractivity contribution in [2.75, 3.05) is 0 Å². The van der Waals surface area contributed by atoms with Gasteiger partial charge in [-0.1, -0.05) is 30.3 Å². The van der Waals surface area contributed by atoms with Crippen molar-refractivity contribution in [2.45, 2.75) is 0 Å². The molecule has 0 unspecified atom stereocenters. The van der Waals surface area contributed by atoms with E-state index in [1.807, 2.05) is 0 Å². The summed E-state index contributed by atoms with van der Waals surface area (Å²) in [5.41, 5.74) is 0.347. The Hall–Kier alpha value is -1.86. The highest BCUT2D eigenvalue weighted by Gasteiger charge is 2.33. The van der Waals surface area contributed by atoms with E-state index < -0.39 is 21.0 Å². The lowest BCUT2D eigenvalue weighted by Gasteiger charge is -2.08. The first-order chi connectivity index (χ1) is 7.98. The van der Waals surface area contributed by atoms with Crippen molar-refractivity contribution in [1.29, 1.82) is 0 Å². The van der Waals surface area contributed by atoms with E-state index in [2.05, 4.69) is 5.32 Å². The lowest BCUT2D eigenvalue weighted by Crippen LogP contribution is -2.22. The average Bonchev–Trinajstić information content (AvgIpc) is 2.78. The van der Waals surface area contributed by atoms with Gasteiger partial charge in [0.05, 0.1) is 6.20 Å². The van der Waals surface area contributed by atoms with E-state index in [4.69, 9.17) is 9.29 Å². The van der Waals surface area contributed by atoms with Crippen LogP contribution in [-0.4, -0.2) is 18.8 Å². The monoisotopic (exact) mass is 254 g/mol. The van der Waals surface area contributed by atoms with E-state index in [0.29, 0.717) is 5.56 Å². The highest BCUT2D eigenvalue weighted by atomic mass is 32.2. The van der Waals surface area contributed by atoms with Crippen LogP contribution in [0.2, 0.25) is 0 Å². The van der Waals surface area contributed by atoms with Crippen LogP contribution in [-0.2, 0) is 14.9 Å². The fourth-order valence-electron chi connectivity index (χ4n) is 1.24. The summed E-state index contributed by atoms with van der Waals surface area (Å²) in [6, 6.07) is 8.20. The molecule has 0 saturated heterocycles. The van der Waals surface area contributed by atoms with Gasteiger partial charge in [0.2, 0.25) is 5.78 Å². The van der Waals surface area contributed by atoms with Crippen LogP contribution >= 0.6 is 0 Å². The number of rotatable bonds is 3. The molecule has 1 aliphatic heterocycles. The Bertz CT molecular complexity index is 564. The summed E-state index contributed by atoms with van der Waals surface area (Å²) < 4.78 is 34.9. The van der Waals surface area contributed by atoms with Crippen molar-refractivity contribution >= 4 is 15.9 Å². The van der Waals surface area contributed by atoms with Crippen LogP contribution in [0.5, 0.6) is 0 Å². The number of carbonyl (C=O) groups is 1. The molecule has 89 valence electrons. The highest BCUT2D eigenvalue weighted by Crippen LogP contribution is 2.21. The third-order valence-corrected chi connectivity index (χ3v) is 2.73. The van der Waals surface area contributed by atoms with Gasteiger partial charge in [-0.2, -0.15) is 8.42 Å². The van der Waals surface area contributed by atoms with Crippen LogP contribution in [0.1, 0.15) is 10.4 Å². The third kappa shape index (κ3) is 2.45. The zero-order valence-electron chi connectivity index (χ0n) is 8.45. The Morgan fingerprint density at radius 2 is 1.88 bits per heavy atom. The average molecular weight is 254 g/mol. The van der Waals surface area contributed by atoms with Gasteiger partial charge in [0, 0.05) is 5.56 Å². The summed E-state index contributed by atoms with van der Waals surface area (Å²) in [6.07, 6.45) is 0.648. The van der Waals surface area contributed by atoms with Gasteiger partial charge in [-0.15, -0.1) is 0 Å². The summed E-state index contributed by atoms with van der Waals surface area (Å²) in [7, 11) is -4.45. The molecule has 1 aliphatic rings. The first-order valence-electron chi connectivity index (χ1n) is 4.57. The molecule has 2 rings (SSSR count). The van der Waals surface area contributed by atoms with E-state index in [0.717, 1.165) is 6.20 Å². The van der Waals surface area contributed by atoms with Crippen molar-refractivity contribution in [1.82, 2.24) is 5.32 Å². The number of hydrogen-bond acceptors (Lipinski definition) is 5. The predicted octanol–water partition coefficient (Wildman–Crippen LogP) is 0.665. The molecule has 0 amide bonds. The van der Waals surface area contributed by atoms with E-state index in [9.17, 15) is 13.2 Å². The number of nitrogens with one attached hydrogen (secondary N) is 1. The molecule has 17 heavy (non-hydrogen) atoms. The molecule has 0 spiro atoms. The van der Waals surface area contributed by atoms with E-state index in [1.54, 1.807) is 30.3 Å². The second-order valence-electron chi connectivity index (χ2n) is 3.21. The fraction of sp³-hybridized carbons (Fsp3) is 0. The molecule has 0 saturated carbocycles. The highest BCUT2D eigenvalue weighted by molar-refractivity contribution is 7.89. The Morgan fingerprint density at radius 1 is 1.24 bits per heavy atom. The Kier molecular flexibility index (Phi) is 2.86. The lowest BCUT2D eigenvalue weighted by atomic mass is 10.1. The summed E-state index contributed by atoms with van der Waals surface area (Å²) in [6.45, 7) is 0. The topological polar surface area (TPSA) is 92.7 Å². The van der Waals surface area contributed by atoms with E-state index in [1.165, 1.54) is 0 Å². The second kappa shape index (κ2) is 4.19. The van der Waals surface area contributed by atoms with Gasteiger partial charge in [-0.05, 0) is 0 Å². The first-order valence-corrected chi connectivity index (χ1v) is 6.01. The van der Waals surface area contributed by atoms with Gasteiger partial charge in [-0.25, -0.2) is 0 Å². The summed E-state index contributed by atoms with van der Waals surface area (Å²) >= 11 is 0. The summed E-state index contributed by atoms with van der Waals surface area (Å²) in [5.74, 6) is -0.500. The molecule has 0 aromatic heterocycles. The molecule has 1 aromatic rings. The molecule has 6 nitrogen and oxygen atoms in total. The number of ketones is 1. The number of carbonyl (C=O) groups excluding carboxylic acids is 1. The van der Waals surface area contributed by atoms with Crippen molar-refractivity contribution in [3.05, 3.63) is 53.4 Å². The maximum atomic E-state index is 11.8. The fourth-order valence-corrected chi connectivity index (χ4v) is 1.64. The molecule has 0 bridgehead atoms. The number of ether oxygens (including phenoxy) is 1. The Morgan fingerprint density at radius 3 is 2.41 bits per heavy atom. The summed E-state index contributed by atoms with van der Waals surface area (Å²) in [5, 5.41) is 1.66. The molecule has 0 aliphatic carbocycles. The predicted molar refractivity (Wildman–Crippen MR) is 57.9 cm³/mol. The molecule has 1 heterocycles. The zero-order chi connectivity index (χ0) is 12.5. The van der Waals surface area contributed by atoms with Gasteiger partial charge >= 0.3 is 16.3 Å². The molecule has 1 aromatic carbocycles. The maximum Gasteiger partial charge on any atom is 0.329 e. The van der Waals surface area contributed by atoms with E-state index >= 15 is 0 Å². The SMILES string of the molecule is O=C([C]1NC=C(S(=O)(=O)O)O1)c1ccccc1. The molecule has 0 atom stereocenters. The minimum Gasteiger partial charge on any atom is -0.439 e. The molecule has 7 heteroatoms. The molecular weight excluding hydrogens is 246 g/mol. The van der Waals surface area contributed by atoms with E-state index in [-0.39, 0.29) is 6.23 Å². The molecular formula is C10H8NO5S. The van der Waals surface area contributed by atoms with Crippen LogP contribution in [0.4, 0.5) is 0 Å². The Labute approximate surface area is 97.6 Å². The van der Waals surface area contributed by atoms with Gasteiger partial charge in [0.1, 0.15) is 0 Å². The lowest BCUT2D eigenvalue weighted by molar-refractivity contribution is 0.0884. The molecule has 2 N–H and O–H groups in total. The van der Waals surface area contributed by atoms with Gasteiger partial charge in [-0.3, -0.25) is 9.35 Å². The third-order valence-electron chi connectivity index (χ3n) is 2.02. The number of Topliss-reactive ketones (excluding diaryl/α,β-unsaturated/α-hetero) is 1. The second-order valence-corrected chi connectivity index (χ2v) is 4.56. The molecule has 0 fully saturated rings. The van der Waals surface area contributed by atoms with Crippen LogP contribution in [0.15, 0.2) is 41.6 Å². The van der Waals surface area contributed by atoms with Gasteiger partial charge in [0.15, 0.2) is 0 Å². The van der Waals surface area contributed by atoms with Crippen LogP contribution in [0.3, 0.4) is 0 Å². The minimum atomic E-state index is -4.45. The maximum absolute atomic E-state index is 11.8. The van der Waals surface area contributed by atoms with Crippen molar-refractivity contribution < 1.29 is 22.5 Å². The van der Waals surface area contributed by atoms with Crippen molar-refractivity contribution in [2.24, 2.45) is 0 Å². The van der Waals surface area contributed by atoms with Crippen molar-refractivity contribution in [3.8, 4) is 0 Å². The largest absolute Gasteiger partial charge is 0.439 e. The minimum absolute atomic E-state index is 0.260. The van der Waals surface area contributed by atoms with Crippen LogP contribution < -0.4 is 5.32 Å². The number of benzene rings is 1. The van der Waals surface area contributed by atoms with Crippen LogP contribution in [0, 0.1) is 6.23 Å².